The lowest BCUT2D eigenvalue weighted by molar-refractivity contribution is -0.145. The molecule has 0 bridgehead atoms. The van der Waals surface area contributed by atoms with Gasteiger partial charge in [0.25, 0.3) is 0 Å². The summed E-state index contributed by atoms with van der Waals surface area (Å²) in [6.07, 6.45) is 2.68. The summed E-state index contributed by atoms with van der Waals surface area (Å²) in [6, 6.07) is -0.423. The van der Waals surface area contributed by atoms with E-state index in [0.29, 0.717) is 24.7 Å². The van der Waals surface area contributed by atoms with Crippen molar-refractivity contribution >= 4 is 18.4 Å². The first-order valence-electron chi connectivity index (χ1n) is 6.37. The quantitative estimate of drug-likeness (QED) is 0.914. The van der Waals surface area contributed by atoms with E-state index in [1.165, 1.54) is 0 Å². The van der Waals surface area contributed by atoms with Gasteiger partial charge in [-0.2, -0.15) is 4.98 Å². The van der Waals surface area contributed by atoms with E-state index < -0.39 is 12.0 Å². The Morgan fingerprint density at radius 1 is 1.53 bits per heavy atom. The Balaban J connectivity index is 0.00000180. The molecular formula is C12H20ClN3O3. The topological polar surface area (TPSA) is 79.5 Å². The van der Waals surface area contributed by atoms with Crippen molar-refractivity contribution in [1.29, 1.82) is 0 Å². The average Bonchev–Trinajstić information content (AvgIpc) is 2.78. The second kappa shape index (κ2) is 6.86. The summed E-state index contributed by atoms with van der Waals surface area (Å²) in [5.74, 6) is 0.637. The number of carboxylic acids is 1. The van der Waals surface area contributed by atoms with Crippen LogP contribution in [0.4, 0.5) is 0 Å². The summed E-state index contributed by atoms with van der Waals surface area (Å²) >= 11 is 0. The number of nitrogens with zero attached hydrogens (tertiary/aromatic N) is 3. The van der Waals surface area contributed by atoms with Gasteiger partial charge in [-0.1, -0.05) is 25.4 Å². The van der Waals surface area contributed by atoms with E-state index in [1.54, 1.807) is 0 Å². The van der Waals surface area contributed by atoms with Crippen LogP contribution in [0.5, 0.6) is 0 Å². The fourth-order valence-electron chi connectivity index (χ4n) is 2.20. The summed E-state index contributed by atoms with van der Waals surface area (Å²) in [6.45, 7) is 5.19. The van der Waals surface area contributed by atoms with Crippen LogP contribution >= 0.6 is 12.4 Å². The van der Waals surface area contributed by atoms with Gasteiger partial charge in [-0.3, -0.25) is 9.69 Å². The number of hydrogen-bond acceptors (Lipinski definition) is 5. The van der Waals surface area contributed by atoms with E-state index in [4.69, 9.17) is 4.52 Å². The predicted molar refractivity (Wildman–Crippen MR) is 71.3 cm³/mol. The molecule has 1 aromatic rings. The zero-order valence-corrected chi connectivity index (χ0v) is 12.0. The summed E-state index contributed by atoms with van der Waals surface area (Å²) in [4.78, 5) is 17.4. The standard InChI is InChI=1S/C12H19N3O3.ClH/c1-8(2)11-13-10(18-14-11)7-15-6-4-3-5-9(15)12(16)17;/h8-9H,3-7H2,1-2H3,(H,16,17);1H. The maximum atomic E-state index is 11.2. The van der Waals surface area contributed by atoms with E-state index in [1.807, 2.05) is 18.7 Å². The lowest BCUT2D eigenvalue weighted by atomic mass is 10.0. The van der Waals surface area contributed by atoms with E-state index >= 15 is 0 Å². The molecule has 108 valence electrons. The zero-order chi connectivity index (χ0) is 13.1. The van der Waals surface area contributed by atoms with Crippen molar-refractivity contribution in [2.45, 2.75) is 51.6 Å². The number of rotatable bonds is 4. The normalized spacial score (nSPS) is 20.3. The van der Waals surface area contributed by atoms with Crippen LogP contribution in [0.2, 0.25) is 0 Å². The molecular weight excluding hydrogens is 270 g/mol. The largest absolute Gasteiger partial charge is 0.480 e. The van der Waals surface area contributed by atoms with Crippen LogP contribution in [-0.4, -0.2) is 38.7 Å². The van der Waals surface area contributed by atoms with E-state index in [-0.39, 0.29) is 18.3 Å². The smallest absolute Gasteiger partial charge is 0.320 e. The fourth-order valence-corrected chi connectivity index (χ4v) is 2.20. The number of likely N-dealkylation sites (tertiary alicyclic amines) is 1. The van der Waals surface area contributed by atoms with E-state index in [0.717, 1.165) is 19.4 Å². The second-order valence-corrected chi connectivity index (χ2v) is 5.02. The van der Waals surface area contributed by atoms with Gasteiger partial charge in [0.1, 0.15) is 6.04 Å². The third-order valence-corrected chi connectivity index (χ3v) is 3.24. The minimum absolute atomic E-state index is 0. The molecule has 1 N–H and O–H groups in total. The predicted octanol–water partition coefficient (Wildman–Crippen LogP) is 2.05. The van der Waals surface area contributed by atoms with Gasteiger partial charge >= 0.3 is 5.97 Å². The third-order valence-electron chi connectivity index (χ3n) is 3.24. The first kappa shape index (κ1) is 15.9. The molecule has 1 unspecified atom stereocenters. The SMILES string of the molecule is CC(C)c1noc(CN2CCCCC2C(=O)O)n1.Cl. The number of carbonyl (C=O) groups is 1. The molecule has 0 aliphatic carbocycles. The fraction of sp³-hybridized carbons (Fsp3) is 0.750. The molecule has 19 heavy (non-hydrogen) atoms. The number of carboxylic acid groups (broad SMARTS) is 1. The van der Waals surface area contributed by atoms with Crippen LogP contribution < -0.4 is 0 Å². The highest BCUT2D eigenvalue weighted by Crippen LogP contribution is 2.20. The monoisotopic (exact) mass is 289 g/mol. The maximum absolute atomic E-state index is 11.2. The highest BCUT2D eigenvalue weighted by Gasteiger charge is 2.29. The van der Waals surface area contributed by atoms with Crippen molar-refractivity contribution in [1.82, 2.24) is 15.0 Å². The van der Waals surface area contributed by atoms with Gasteiger partial charge in [-0.05, 0) is 19.4 Å². The number of hydrogen-bond donors (Lipinski definition) is 1. The Morgan fingerprint density at radius 2 is 2.26 bits per heavy atom. The minimum atomic E-state index is -0.765. The molecule has 1 aromatic heterocycles. The molecule has 2 heterocycles. The molecule has 0 radical (unpaired) electrons. The van der Waals surface area contributed by atoms with E-state index in [9.17, 15) is 9.90 Å². The van der Waals surface area contributed by atoms with Crippen molar-refractivity contribution < 1.29 is 14.4 Å². The summed E-state index contributed by atoms with van der Waals surface area (Å²) in [5, 5.41) is 13.1. The summed E-state index contributed by atoms with van der Waals surface area (Å²) in [7, 11) is 0. The molecule has 1 aliphatic heterocycles. The van der Waals surface area contributed by atoms with Gasteiger partial charge in [-0.25, -0.2) is 0 Å². The first-order valence-corrected chi connectivity index (χ1v) is 6.37. The minimum Gasteiger partial charge on any atom is -0.480 e. The van der Waals surface area contributed by atoms with Gasteiger partial charge in [0.15, 0.2) is 5.82 Å². The number of aliphatic carboxylic acids is 1. The second-order valence-electron chi connectivity index (χ2n) is 5.02. The molecule has 0 aromatic carbocycles. The van der Waals surface area contributed by atoms with Crippen LogP contribution in [0.25, 0.3) is 0 Å². The van der Waals surface area contributed by atoms with Crippen LogP contribution in [0.15, 0.2) is 4.52 Å². The number of aromatic nitrogens is 2. The molecule has 2 rings (SSSR count). The zero-order valence-electron chi connectivity index (χ0n) is 11.2. The lowest BCUT2D eigenvalue weighted by Crippen LogP contribution is -2.44. The first-order chi connectivity index (χ1) is 8.58. The van der Waals surface area contributed by atoms with Crippen molar-refractivity contribution in [2.24, 2.45) is 0 Å². The van der Waals surface area contributed by atoms with Crippen LogP contribution in [0.3, 0.4) is 0 Å². The highest BCUT2D eigenvalue weighted by molar-refractivity contribution is 5.85. The lowest BCUT2D eigenvalue weighted by Gasteiger charge is -2.31. The molecule has 0 spiro atoms. The van der Waals surface area contributed by atoms with Gasteiger partial charge in [0.2, 0.25) is 5.89 Å². The summed E-state index contributed by atoms with van der Waals surface area (Å²) < 4.78 is 5.16. The van der Waals surface area contributed by atoms with Crippen LogP contribution in [-0.2, 0) is 11.3 Å². The Bertz CT molecular complexity index is 422. The van der Waals surface area contributed by atoms with Crippen molar-refractivity contribution in [3.63, 3.8) is 0 Å². The molecule has 1 atom stereocenters. The Hall–Kier alpha value is -1.14. The number of piperidine rings is 1. The average molecular weight is 290 g/mol. The molecule has 0 saturated carbocycles. The van der Waals surface area contributed by atoms with Crippen molar-refractivity contribution in [2.75, 3.05) is 6.54 Å². The molecule has 7 heteroatoms. The Labute approximate surface area is 118 Å². The van der Waals surface area contributed by atoms with Gasteiger partial charge in [0.05, 0.1) is 6.54 Å². The molecule has 0 amide bonds. The van der Waals surface area contributed by atoms with Crippen molar-refractivity contribution in [3.05, 3.63) is 11.7 Å². The molecule has 6 nitrogen and oxygen atoms in total. The maximum Gasteiger partial charge on any atom is 0.320 e. The van der Waals surface area contributed by atoms with Gasteiger partial charge in [0, 0.05) is 5.92 Å². The molecule has 1 fully saturated rings. The van der Waals surface area contributed by atoms with Gasteiger partial charge < -0.3 is 9.63 Å². The van der Waals surface area contributed by atoms with Crippen LogP contribution in [0, 0.1) is 0 Å². The van der Waals surface area contributed by atoms with E-state index in [2.05, 4.69) is 10.1 Å². The van der Waals surface area contributed by atoms with Crippen LogP contribution in [0.1, 0.15) is 50.7 Å². The molecule has 1 saturated heterocycles. The Morgan fingerprint density at radius 3 is 2.84 bits per heavy atom. The van der Waals surface area contributed by atoms with Crippen molar-refractivity contribution in [3.8, 4) is 0 Å². The highest BCUT2D eigenvalue weighted by atomic mass is 35.5. The Kier molecular flexibility index (Phi) is 5.75. The summed E-state index contributed by atoms with van der Waals surface area (Å²) in [5.41, 5.74) is 0. The molecule has 1 aliphatic rings. The van der Waals surface area contributed by atoms with Gasteiger partial charge in [-0.15, -0.1) is 12.4 Å². The number of halogens is 1. The third kappa shape index (κ3) is 3.91.